The molecule has 2 rings (SSSR count). The highest BCUT2D eigenvalue weighted by Gasteiger charge is 2.37. The number of ether oxygens (including phenoxy) is 3. The number of hydrogen-bond acceptors (Lipinski definition) is 5. The fourth-order valence-electron chi connectivity index (χ4n) is 2.38. The summed E-state index contributed by atoms with van der Waals surface area (Å²) in [6.07, 6.45) is 2.20. The van der Waals surface area contributed by atoms with Crippen molar-refractivity contribution >= 4 is 28.2 Å². The Morgan fingerprint density at radius 1 is 1.29 bits per heavy atom. The second-order valence-corrected chi connectivity index (χ2v) is 7.76. The highest BCUT2D eigenvalue weighted by atomic mass is 79.9. The van der Waals surface area contributed by atoms with E-state index in [1.807, 2.05) is 20.8 Å². The quantitative estimate of drug-likeness (QED) is 0.397. The molecule has 0 unspecified atom stereocenters. The summed E-state index contributed by atoms with van der Waals surface area (Å²) in [6.45, 7) is 6.36. The van der Waals surface area contributed by atoms with E-state index in [9.17, 15) is 9.59 Å². The molecule has 0 amide bonds. The molecule has 0 radical (unpaired) electrons. The van der Waals surface area contributed by atoms with Crippen LogP contribution in [-0.4, -0.2) is 37.2 Å². The zero-order valence-electron chi connectivity index (χ0n) is 14.2. The lowest BCUT2D eigenvalue weighted by Crippen LogP contribution is -2.40. The highest BCUT2D eigenvalue weighted by Crippen LogP contribution is 2.32. The number of aldehydes is 1. The van der Waals surface area contributed by atoms with E-state index < -0.39 is 5.60 Å². The molecule has 0 atom stereocenters. The first-order valence-corrected chi connectivity index (χ1v) is 8.80. The smallest absolute Gasteiger partial charge is 0.309 e. The molecule has 0 spiro atoms. The van der Waals surface area contributed by atoms with Crippen molar-refractivity contribution < 1.29 is 23.8 Å². The van der Waals surface area contributed by atoms with Gasteiger partial charge in [0.1, 0.15) is 18.0 Å². The fraction of sp³-hybridized carbons (Fsp3) is 0.556. The molecule has 0 saturated heterocycles. The van der Waals surface area contributed by atoms with Gasteiger partial charge < -0.3 is 14.2 Å². The summed E-state index contributed by atoms with van der Waals surface area (Å²) >= 11 is 3.35. The lowest BCUT2D eigenvalue weighted by Gasteiger charge is -2.35. The molecule has 5 nitrogen and oxygen atoms in total. The summed E-state index contributed by atoms with van der Waals surface area (Å²) in [4.78, 5) is 22.8. The van der Waals surface area contributed by atoms with Crippen LogP contribution in [-0.2, 0) is 14.3 Å². The molecule has 0 aliphatic heterocycles. The van der Waals surface area contributed by atoms with Gasteiger partial charge in [-0.15, -0.1) is 0 Å². The van der Waals surface area contributed by atoms with Gasteiger partial charge >= 0.3 is 5.97 Å². The largest absolute Gasteiger partial charge is 0.490 e. The summed E-state index contributed by atoms with van der Waals surface area (Å²) in [5.41, 5.74) is 0.0590. The first kappa shape index (κ1) is 18.9. The van der Waals surface area contributed by atoms with Crippen molar-refractivity contribution in [3.63, 3.8) is 0 Å². The summed E-state index contributed by atoms with van der Waals surface area (Å²) in [7, 11) is 0. The second kappa shape index (κ2) is 8.12. The van der Waals surface area contributed by atoms with Crippen LogP contribution >= 0.6 is 15.9 Å². The van der Waals surface area contributed by atoms with Crippen molar-refractivity contribution in [1.29, 1.82) is 0 Å². The molecule has 0 bridgehead atoms. The summed E-state index contributed by atoms with van der Waals surface area (Å²) in [5, 5.41) is 0. The third kappa shape index (κ3) is 5.60. The van der Waals surface area contributed by atoms with Crippen LogP contribution in [0.5, 0.6) is 5.75 Å². The van der Waals surface area contributed by atoms with Gasteiger partial charge in [-0.3, -0.25) is 9.59 Å². The van der Waals surface area contributed by atoms with Crippen molar-refractivity contribution in [2.24, 2.45) is 5.92 Å². The van der Waals surface area contributed by atoms with Crippen LogP contribution in [0.1, 0.15) is 44.0 Å². The van der Waals surface area contributed by atoms with Gasteiger partial charge in [-0.05, 0) is 51.8 Å². The van der Waals surface area contributed by atoms with E-state index in [1.54, 1.807) is 18.2 Å². The molecular formula is C18H23BrO5. The van der Waals surface area contributed by atoms with Crippen LogP contribution in [0.15, 0.2) is 22.7 Å². The van der Waals surface area contributed by atoms with E-state index in [1.165, 1.54) is 0 Å². The summed E-state index contributed by atoms with van der Waals surface area (Å²) < 4.78 is 17.5. The molecule has 1 aromatic rings. The SMILES string of the molecule is CC(C)(C)OC(=O)C1CC(OCCOc2cc(Br)ccc2C=O)C1. The molecule has 24 heavy (non-hydrogen) atoms. The molecule has 6 heteroatoms. The topological polar surface area (TPSA) is 61.8 Å². The lowest BCUT2D eigenvalue weighted by molar-refractivity contribution is -0.169. The van der Waals surface area contributed by atoms with Gasteiger partial charge in [0, 0.05) is 4.47 Å². The fourth-order valence-corrected chi connectivity index (χ4v) is 2.72. The van der Waals surface area contributed by atoms with Crippen LogP contribution in [0.3, 0.4) is 0 Å². The van der Waals surface area contributed by atoms with Gasteiger partial charge in [-0.2, -0.15) is 0 Å². The predicted octanol–water partition coefficient (Wildman–Crippen LogP) is 3.78. The van der Waals surface area contributed by atoms with Crippen molar-refractivity contribution in [2.75, 3.05) is 13.2 Å². The Kier molecular flexibility index (Phi) is 6.40. The Morgan fingerprint density at radius 3 is 2.62 bits per heavy atom. The number of carbonyl (C=O) groups excluding carboxylic acids is 2. The van der Waals surface area contributed by atoms with Gasteiger partial charge in [0.05, 0.1) is 24.2 Å². The molecule has 1 aromatic carbocycles. The predicted molar refractivity (Wildman–Crippen MR) is 93.3 cm³/mol. The van der Waals surface area contributed by atoms with Gasteiger partial charge in [0.2, 0.25) is 0 Å². The van der Waals surface area contributed by atoms with E-state index in [0.29, 0.717) is 37.4 Å². The van der Waals surface area contributed by atoms with Gasteiger partial charge in [-0.25, -0.2) is 0 Å². The van der Waals surface area contributed by atoms with Crippen molar-refractivity contribution in [2.45, 2.75) is 45.3 Å². The van der Waals surface area contributed by atoms with E-state index in [4.69, 9.17) is 14.2 Å². The van der Waals surface area contributed by atoms with E-state index in [-0.39, 0.29) is 18.0 Å². The molecule has 1 aliphatic rings. The maximum atomic E-state index is 11.9. The standard InChI is InChI=1S/C18H23BrO5/c1-18(2,3)24-17(21)13-8-15(9-13)22-6-7-23-16-10-14(19)5-4-12(16)11-20/h4-5,10-11,13,15H,6-9H2,1-3H3. The molecule has 132 valence electrons. The van der Waals surface area contributed by atoms with E-state index in [0.717, 1.165) is 10.8 Å². The Balaban J connectivity index is 1.66. The van der Waals surface area contributed by atoms with Crippen LogP contribution in [0.25, 0.3) is 0 Å². The van der Waals surface area contributed by atoms with Crippen LogP contribution in [0, 0.1) is 5.92 Å². The lowest BCUT2D eigenvalue weighted by atomic mass is 9.82. The minimum Gasteiger partial charge on any atom is -0.490 e. The first-order valence-electron chi connectivity index (χ1n) is 8.00. The maximum absolute atomic E-state index is 11.9. The highest BCUT2D eigenvalue weighted by molar-refractivity contribution is 9.10. The number of esters is 1. The third-order valence-corrected chi connectivity index (χ3v) is 4.13. The van der Waals surface area contributed by atoms with Crippen molar-refractivity contribution in [3.05, 3.63) is 28.2 Å². The Bertz CT molecular complexity index is 588. The third-order valence-electron chi connectivity index (χ3n) is 3.63. The van der Waals surface area contributed by atoms with Crippen molar-refractivity contribution in [1.82, 2.24) is 0 Å². The molecule has 1 aliphatic carbocycles. The van der Waals surface area contributed by atoms with Gasteiger partial charge in [0.25, 0.3) is 0 Å². The number of hydrogen-bond donors (Lipinski definition) is 0. The average molecular weight is 399 g/mol. The number of halogens is 1. The molecular weight excluding hydrogens is 376 g/mol. The number of rotatable bonds is 7. The molecule has 1 saturated carbocycles. The molecule has 0 heterocycles. The monoisotopic (exact) mass is 398 g/mol. The minimum absolute atomic E-state index is 0.0677. The minimum atomic E-state index is -0.447. The van der Waals surface area contributed by atoms with Gasteiger partial charge in [0.15, 0.2) is 6.29 Å². The van der Waals surface area contributed by atoms with Crippen LogP contribution in [0.2, 0.25) is 0 Å². The van der Waals surface area contributed by atoms with Gasteiger partial charge in [-0.1, -0.05) is 15.9 Å². The average Bonchev–Trinajstić information content (AvgIpc) is 2.43. The van der Waals surface area contributed by atoms with Crippen molar-refractivity contribution in [3.8, 4) is 5.75 Å². The number of carbonyl (C=O) groups is 2. The molecule has 1 fully saturated rings. The Morgan fingerprint density at radius 2 is 2.00 bits per heavy atom. The Labute approximate surface area is 150 Å². The summed E-state index contributed by atoms with van der Waals surface area (Å²) in [6, 6.07) is 5.24. The van der Waals surface area contributed by atoms with E-state index >= 15 is 0 Å². The second-order valence-electron chi connectivity index (χ2n) is 6.84. The van der Waals surface area contributed by atoms with Crippen LogP contribution < -0.4 is 4.74 Å². The van der Waals surface area contributed by atoms with E-state index in [2.05, 4.69) is 15.9 Å². The number of benzene rings is 1. The zero-order valence-corrected chi connectivity index (χ0v) is 15.8. The summed E-state index contributed by atoms with van der Waals surface area (Å²) in [5.74, 6) is 0.313. The molecule has 0 N–H and O–H groups in total. The van der Waals surface area contributed by atoms with Crippen LogP contribution in [0.4, 0.5) is 0 Å². The molecule has 0 aromatic heterocycles. The Hall–Kier alpha value is -1.40. The zero-order chi connectivity index (χ0) is 17.7. The maximum Gasteiger partial charge on any atom is 0.309 e. The normalized spacial score (nSPS) is 20.2. The first-order chi connectivity index (χ1) is 11.3.